The number of hydrogen-bond acceptors (Lipinski definition) is 6. The van der Waals surface area contributed by atoms with Gasteiger partial charge in [-0.05, 0) is 13.5 Å². The Morgan fingerprint density at radius 1 is 1.50 bits per heavy atom. The van der Waals surface area contributed by atoms with Crippen molar-refractivity contribution in [2.75, 3.05) is 25.4 Å². The summed E-state index contributed by atoms with van der Waals surface area (Å²) in [5.74, 6) is 0.0295. The normalized spacial score (nSPS) is 10.7. The van der Waals surface area contributed by atoms with Gasteiger partial charge in [0.1, 0.15) is 5.01 Å². The number of nitrogens with one attached hydrogen (secondary N) is 1. The van der Waals surface area contributed by atoms with Crippen molar-refractivity contribution in [1.82, 2.24) is 20.4 Å². The highest BCUT2D eigenvalue weighted by molar-refractivity contribution is 7.15. The van der Waals surface area contributed by atoms with E-state index in [-0.39, 0.29) is 5.91 Å². The van der Waals surface area contributed by atoms with Crippen LogP contribution in [0.25, 0.3) is 0 Å². The molecule has 1 heterocycles. The Bertz CT molecular complexity index is 340. The molecule has 90 valence electrons. The monoisotopic (exact) mass is 243 g/mol. The summed E-state index contributed by atoms with van der Waals surface area (Å²) < 4.78 is 0. The van der Waals surface area contributed by atoms with E-state index < -0.39 is 0 Å². The molecule has 0 aliphatic heterocycles. The fourth-order valence-electron chi connectivity index (χ4n) is 1.26. The van der Waals surface area contributed by atoms with Gasteiger partial charge in [0.05, 0.1) is 13.1 Å². The second-order valence-corrected chi connectivity index (χ2v) is 4.38. The lowest BCUT2D eigenvalue weighted by molar-refractivity contribution is -0.122. The number of rotatable bonds is 6. The fraction of sp³-hybridized carbons (Fsp3) is 0.667. The van der Waals surface area contributed by atoms with E-state index in [0.717, 1.165) is 11.6 Å². The zero-order valence-electron chi connectivity index (χ0n) is 9.56. The Kier molecular flexibility index (Phi) is 5.13. The van der Waals surface area contributed by atoms with E-state index in [0.29, 0.717) is 24.8 Å². The first-order valence-electron chi connectivity index (χ1n) is 5.22. The first kappa shape index (κ1) is 12.9. The van der Waals surface area contributed by atoms with Gasteiger partial charge in [-0.1, -0.05) is 18.3 Å². The molecule has 1 aromatic heterocycles. The standard InChI is InChI=1S/C9H17N5OS/c1-3-11-7(15)5-14(4-2)6-8-12-13-9(10)16-8/h3-6H2,1-2H3,(H2,10,13)(H,11,15). The van der Waals surface area contributed by atoms with E-state index in [2.05, 4.69) is 15.5 Å². The molecule has 0 radical (unpaired) electrons. The highest BCUT2D eigenvalue weighted by atomic mass is 32.1. The van der Waals surface area contributed by atoms with Crippen molar-refractivity contribution >= 4 is 22.4 Å². The molecule has 1 aromatic rings. The van der Waals surface area contributed by atoms with Crippen LogP contribution in [0.3, 0.4) is 0 Å². The molecule has 3 N–H and O–H groups in total. The van der Waals surface area contributed by atoms with Crippen molar-refractivity contribution in [2.45, 2.75) is 20.4 Å². The van der Waals surface area contributed by atoms with Crippen LogP contribution in [0.15, 0.2) is 0 Å². The maximum Gasteiger partial charge on any atom is 0.234 e. The molecule has 0 spiro atoms. The minimum atomic E-state index is 0.0295. The molecule has 16 heavy (non-hydrogen) atoms. The minimum Gasteiger partial charge on any atom is -0.374 e. The maximum atomic E-state index is 11.4. The Morgan fingerprint density at radius 2 is 2.25 bits per heavy atom. The van der Waals surface area contributed by atoms with Crippen molar-refractivity contribution in [1.29, 1.82) is 0 Å². The molecule has 0 atom stereocenters. The third-order valence-corrected chi connectivity index (χ3v) is 2.77. The number of likely N-dealkylation sites (N-methyl/N-ethyl adjacent to an activating group) is 2. The Labute approximate surface area is 98.8 Å². The van der Waals surface area contributed by atoms with Crippen molar-refractivity contribution in [3.63, 3.8) is 0 Å². The maximum absolute atomic E-state index is 11.4. The van der Waals surface area contributed by atoms with E-state index in [9.17, 15) is 4.79 Å². The van der Waals surface area contributed by atoms with Crippen LogP contribution in [0.4, 0.5) is 5.13 Å². The van der Waals surface area contributed by atoms with Crippen LogP contribution in [0, 0.1) is 0 Å². The highest BCUT2D eigenvalue weighted by Crippen LogP contribution is 2.12. The van der Waals surface area contributed by atoms with Crippen LogP contribution in [0.1, 0.15) is 18.9 Å². The summed E-state index contributed by atoms with van der Waals surface area (Å²) in [5.41, 5.74) is 5.49. The average molecular weight is 243 g/mol. The first-order chi connectivity index (χ1) is 7.65. The molecule has 0 unspecified atom stereocenters. The van der Waals surface area contributed by atoms with Crippen molar-refractivity contribution < 1.29 is 4.79 Å². The van der Waals surface area contributed by atoms with Crippen LogP contribution in [-0.2, 0) is 11.3 Å². The van der Waals surface area contributed by atoms with Gasteiger partial charge in [0.2, 0.25) is 11.0 Å². The third kappa shape index (κ3) is 4.11. The molecule has 1 amide bonds. The number of nitrogens with two attached hydrogens (primary N) is 1. The van der Waals surface area contributed by atoms with Gasteiger partial charge >= 0.3 is 0 Å². The van der Waals surface area contributed by atoms with E-state index in [1.807, 2.05) is 18.7 Å². The molecule has 0 saturated carbocycles. The fourth-order valence-corrected chi connectivity index (χ4v) is 1.91. The molecule has 0 fully saturated rings. The van der Waals surface area contributed by atoms with Gasteiger partial charge in [-0.25, -0.2) is 0 Å². The summed E-state index contributed by atoms with van der Waals surface area (Å²) in [6.07, 6.45) is 0. The molecule has 1 rings (SSSR count). The number of carbonyl (C=O) groups excluding carboxylic acids is 1. The highest BCUT2D eigenvalue weighted by Gasteiger charge is 2.11. The number of carbonyl (C=O) groups is 1. The number of amides is 1. The third-order valence-electron chi connectivity index (χ3n) is 2.03. The summed E-state index contributed by atoms with van der Waals surface area (Å²) in [7, 11) is 0. The Balaban J connectivity index is 2.45. The lowest BCUT2D eigenvalue weighted by Crippen LogP contribution is -2.36. The van der Waals surface area contributed by atoms with Crippen molar-refractivity contribution in [3.05, 3.63) is 5.01 Å². The molecular formula is C9H17N5OS. The molecule has 0 aliphatic carbocycles. The molecule has 0 saturated heterocycles. The SMILES string of the molecule is CCNC(=O)CN(CC)Cc1nnc(N)s1. The molecular weight excluding hydrogens is 226 g/mol. The van der Waals surface area contributed by atoms with E-state index >= 15 is 0 Å². The Morgan fingerprint density at radius 3 is 2.75 bits per heavy atom. The molecule has 6 nitrogen and oxygen atoms in total. The van der Waals surface area contributed by atoms with E-state index in [4.69, 9.17) is 5.73 Å². The summed E-state index contributed by atoms with van der Waals surface area (Å²) >= 11 is 1.35. The molecule has 7 heteroatoms. The van der Waals surface area contributed by atoms with Crippen LogP contribution in [0.5, 0.6) is 0 Å². The van der Waals surface area contributed by atoms with Crippen LogP contribution < -0.4 is 11.1 Å². The first-order valence-corrected chi connectivity index (χ1v) is 6.04. The van der Waals surface area contributed by atoms with Crippen LogP contribution >= 0.6 is 11.3 Å². The second kappa shape index (κ2) is 6.39. The number of hydrogen-bond donors (Lipinski definition) is 2. The largest absolute Gasteiger partial charge is 0.374 e. The lowest BCUT2D eigenvalue weighted by Gasteiger charge is -2.17. The van der Waals surface area contributed by atoms with Gasteiger partial charge in [-0.3, -0.25) is 9.69 Å². The summed E-state index contributed by atoms with van der Waals surface area (Å²) in [4.78, 5) is 13.4. The molecule has 0 aromatic carbocycles. The second-order valence-electron chi connectivity index (χ2n) is 3.29. The number of nitrogen functional groups attached to an aromatic ring is 1. The number of nitrogens with zero attached hydrogens (tertiary/aromatic N) is 3. The van der Waals surface area contributed by atoms with Crippen LogP contribution in [0.2, 0.25) is 0 Å². The van der Waals surface area contributed by atoms with Crippen LogP contribution in [-0.4, -0.2) is 40.6 Å². The number of anilines is 1. The van der Waals surface area contributed by atoms with Gasteiger partial charge in [-0.15, -0.1) is 10.2 Å². The summed E-state index contributed by atoms with van der Waals surface area (Å²) in [5, 5.41) is 11.7. The molecule has 0 bridgehead atoms. The quantitative estimate of drug-likeness (QED) is 0.739. The summed E-state index contributed by atoms with van der Waals surface area (Å²) in [6, 6.07) is 0. The Hall–Kier alpha value is -1.21. The number of aromatic nitrogens is 2. The molecule has 0 aliphatic rings. The smallest absolute Gasteiger partial charge is 0.234 e. The average Bonchev–Trinajstić information content (AvgIpc) is 2.63. The van der Waals surface area contributed by atoms with E-state index in [1.54, 1.807) is 0 Å². The van der Waals surface area contributed by atoms with Crippen molar-refractivity contribution in [3.8, 4) is 0 Å². The topological polar surface area (TPSA) is 84.1 Å². The van der Waals surface area contributed by atoms with Gasteiger partial charge in [0.15, 0.2) is 0 Å². The van der Waals surface area contributed by atoms with Crippen molar-refractivity contribution in [2.24, 2.45) is 0 Å². The van der Waals surface area contributed by atoms with Gasteiger partial charge in [0, 0.05) is 6.54 Å². The summed E-state index contributed by atoms with van der Waals surface area (Å²) in [6.45, 7) is 6.34. The zero-order chi connectivity index (χ0) is 12.0. The van der Waals surface area contributed by atoms with Gasteiger partial charge < -0.3 is 11.1 Å². The predicted octanol–water partition coefficient (Wildman–Crippen LogP) is 0.0783. The van der Waals surface area contributed by atoms with Gasteiger partial charge in [-0.2, -0.15) is 0 Å². The lowest BCUT2D eigenvalue weighted by atomic mass is 10.4. The zero-order valence-corrected chi connectivity index (χ0v) is 10.4. The van der Waals surface area contributed by atoms with E-state index in [1.165, 1.54) is 11.3 Å². The minimum absolute atomic E-state index is 0.0295. The van der Waals surface area contributed by atoms with Gasteiger partial charge in [0.25, 0.3) is 0 Å². The predicted molar refractivity (Wildman–Crippen MR) is 64.0 cm³/mol.